The number of halogens is 1. The molecule has 3 nitrogen and oxygen atoms in total. The van der Waals surface area contributed by atoms with Crippen LogP contribution in [-0.2, 0) is 0 Å². The number of carbonyl (C=O) groups excluding carboxylic acids is 1. The van der Waals surface area contributed by atoms with E-state index in [1.54, 1.807) is 0 Å². The molecule has 0 radical (unpaired) electrons. The number of carbonyl (C=O) groups is 1. The molecule has 0 bridgehead atoms. The molecule has 0 aliphatic carbocycles. The number of nitrogen functional groups attached to an aromatic ring is 1. The highest BCUT2D eigenvalue weighted by molar-refractivity contribution is 6.70. The van der Waals surface area contributed by atoms with Gasteiger partial charge in [0.05, 0.1) is 5.69 Å². The molecule has 1 rings (SSSR count). The quantitative estimate of drug-likeness (QED) is 0.503. The Morgan fingerprint density at radius 3 is 2.31 bits per heavy atom. The van der Waals surface area contributed by atoms with Gasteiger partial charge in [-0.15, -0.1) is 0 Å². The Kier molecular flexibility index (Phi) is 3.37. The third kappa shape index (κ3) is 3.06. The van der Waals surface area contributed by atoms with E-state index in [4.69, 9.17) is 10.2 Å². The lowest BCUT2D eigenvalue weighted by Crippen LogP contribution is -2.30. The second-order valence-corrected chi connectivity index (χ2v) is 9.08. The minimum atomic E-state index is -1.91. The third-order valence-electron chi connectivity index (χ3n) is 1.89. The summed E-state index contributed by atoms with van der Waals surface area (Å²) >= 11 is 0. The van der Waals surface area contributed by atoms with Gasteiger partial charge in [-0.25, -0.2) is 4.39 Å². The summed E-state index contributed by atoms with van der Waals surface area (Å²) < 4.78 is 19.2. The number of nitrogens with two attached hydrogens (primary N) is 1. The molecule has 1 aromatic carbocycles. The molecular weight excluding hydrogens is 225 g/mol. The lowest BCUT2D eigenvalue weighted by molar-refractivity contribution is 0.101. The molecule has 5 heteroatoms. The van der Waals surface area contributed by atoms with Gasteiger partial charge in [0.1, 0.15) is 0 Å². The van der Waals surface area contributed by atoms with Crippen LogP contribution in [0.5, 0.6) is 5.75 Å². The smallest absolute Gasteiger partial charge is 0.242 e. The van der Waals surface area contributed by atoms with Gasteiger partial charge in [0.2, 0.25) is 8.32 Å². The summed E-state index contributed by atoms with van der Waals surface area (Å²) in [6, 6.07) is 2.61. The first-order valence-corrected chi connectivity index (χ1v) is 8.40. The van der Waals surface area contributed by atoms with Crippen molar-refractivity contribution >= 4 is 19.8 Å². The number of ketones is 1. The second kappa shape index (κ2) is 4.25. The van der Waals surface area contributed by atoms with Gasteiger partial charge in [-0.2, -0.15) is 0 Å². The van der Waals surface area contributed by atoms with E-state index in [1.165, 1.54) is 13.0 Å². The van der Waals surface area contributed by atoms with Crippen molar-refractivity contribution in [3.05, 3.63) is 23.5 Å². The van der Waals surface area contributed by atoms with E-state index in [-0.39, 0.29) is 22.8 Å². The number of hydrogen-bond donors (Lipinski definition) is 1. The van der Waals surface area contributed by atoms with E-state index in [0.717, 1.165) is 6.07 Å². The van der Waals surface area contributed by atoms with Crippen molar-refractivity contribution in [1.29, 1.82) is 0 Å². The average molecular weight is 241 g/mol. The Morgan fingerprint density at radius 1 is 1.38 bits per heavy atom. The monoisotopic (exact) mass is 241 g/mol. The number of hydrogen-bond acceptors (Lipinski definition) is 3. The number of anilines is 1. The zero-order chi connectivity index (χ0) is 12.5. The van der Waals surface area contributed by atoms with E-state index in [1.807, 2.05) is 19.6 Å². The minimum Gasteiger partial charge on any atom is -0.541 e. The summed E-state index contributed by atoms with van der Waals surface area (Å²) in [4.78, 5) is 11.1. The summed E-state index contributed by atoms with van der Waals surface area (Å²) in [7, 11) is -1.91. The van der Waals surface area contributed by atoms with E-state index >= 15 is 0 Å². The van der Waals surface area contributed by atoms with Gasteiger partial charge < -0.3 is 10.2 Å². The molecule has 0 saturated carbocycles. The number of rotatable bonds is 3. The highest BCUT2D eigenvalue weighted by atomic mass is 28.4. The highest BCUT2D eigenvalue weighted by Gasteiger charge is 2.21. The first-order valence-electron chi connectivity index (χ1n) is 4.99. The Hall–Kier alpha value is -1.36. The van der Waals surface area contributed by atoms with E-state index in [0.29, 0.717) is 0 Å². The zero-order valence-corrected chi connectivity index (χ0v) is 10.9. The fourth-order valence-electron chi connectivity index (χ4n) is 1.23. The maximum atomic E-state index is 13.7. The van der Waals surface area contributed by atoms with Crippen molar-refractivity contribution in [3.63, 3.8) is 0 Å². The van der Waals surface area contributed by atoms with Gasteiger partial charge >= 0.3 is 0 Å². The van der Waals surface area contributed by atoms with Gasteiger partial charge in [0.15, 0.2) is 17.3 Å². The molecule has 0 aliphatic heterocycles. The van der Waals surface area contributed by atoms with Gasteiger partial charge in [0.25, 0.3) is 0 Å². The molecule has 0 spiro atoms. The summed E-state index contributed by atoms with van der Waals surface area (Å²) in [6.07, 6.45) is 0. The van der Waals surface area contributed by atoms with Crippen LogP contribution in [0, 0.1) is 5.82 Å². The summed E-state index contributed by atoms with van der Waals surface area (Å²) in [6.45, 7) is 7.17. The summed E-state index contributed by atoms with van der Waals surface area (Å²) in [5.41, 5.74) is 6.11. The van der Waals surface area contributed by atoms with Crippen LogP contribution in [0.4, 0.5) is 10.1 Å². The number of benzene rings is 1. The van der Waals surface area contributed by atoms with Gasteiger partial charge in [-0.1, -0.05) is 0 Å². The predicted molar refractivity (Wildman–Crippen MR) is 64.8 cm³/mol. The lowest BCUT2D eigenvalue weighted by Gasteiger charge is -2.21. The van der Waals surface area contributed by atoms with Crippen LogP contribution >= 0.6 is 0 Å². The van der Waals surface area contributed by atoms with Crippen molar-refractivity contribution in [2.24, 2.45) is 0 Å². The van der Waals surface area contributed by atoms with E-state index in [2.05, 4.69) is 0 Å². The molecule has 0 atom stereocenters. The first-order chi connectivity index (χ1) is 7.20. The van der Waals surface area contributed by atoms with Crippen molar-refractivity contribution in [2.75, 3.05) is 5.73 Å². The average Bonchev–Trinajstić information content (AvgIpc) is 2.09. The summed E-state index contributed by atoms with van der Waals surface area (Å²) in [5.74, 6) is -0.734. The molecule has 0 saturated heterocycles. The van der Waals surface area contributed by atoms with Crippen LogP contribution in [-0.4, -0.2) is 14.1 Å². The molecule has 0 amide bonds. The molecule has 16 heavy (non-hydrogen) atoms. The molecule has 88 valence electrons. The Balaban J connectivity index is 3.18. The SMILES string of the molecule is CC(=O)c1cc(N)c(O[Si](C)(C)C)c(F)c1. The van der Waals surface area contributed by atoms with Crippen molar-refractivity contribution < 1.29 is 13.6 Å². The predicted octanol–water partition coefficient (Wildman–Crippen LogP) is 2.82. The fraction of sp³-hybridized carbons (Fsp3) is 0.364. The largest absolute Gasteiger partial charge is 0.541 e. The normalized spacial score (nSPS) is 11.3. The standard InChI is InChI=1S/C11H16FNO2Si/c1-7(14)8-5-9(12)11(10(13)6-8)15-16(2,3)4/h5-6H,13H2,1-4H3. The van der Waals surface area contributed by atoms with Crippen molar-refractivity contribution in [1.82, 2.24) is 0 Å². The van der Waals surface area contributed by atoms with Crippen molar-refractivity contribution in [3.8, 4) is 5.75 Å². The molecule has 1 aromatic rings. The molecule has 0 unspecified atom stereocenters. The maximum Gasteiger partial charge on any atom is 0.242 e. The Morgan fingerprint density at radius 2 is 1.94 bits per heavy atom. The molecule has 0 aromatic heterocycles. The minimum absolute atomic E-state index is 0.0594. The van der Waals surface area contributed by atoms with Crippen LogP contribution in [0.1, 0.15) is 17.3 Å². The zero-order valence-electron chi connectivity index (χ0n) is 9.93. The highest BCUT2D eigenvalue weighted by Crippen LogP contribution is 2.29. The maximum absolute atomic E-state index is 13.7. The Bertz CT molecular complexity index is 403. The molecular formula is C11H16FNO2Si. The van der Waals surface area contributed by atoms with Crippen LogP contribution in [0.2, 0.25) is 19.6 Å². The Labute approximate surface area is 95.5 Å². The van der Waals surface area contributed by atoms with Crippen LogP contribution in [0.25, 0.3) is 0 Å². The van der Waals surface area contributed by atoms with E-state index < -0.39 is 14.1 Å². The molecule has 0 aliphatic rings. The van der Waals surface area contributed by atoms with Gasteiger partial charge in [-0.3, -0.25) is 4.79 Å². The van der Waals surface area contributed by atoms with Gasteiger partial charge in [0, 0.05) is 5.56 Å². The molecule has 0 heterocycles. The third-order valence-corrected chi connectivity index (χ3v) is 2.70. The second-order valence-electron chi connectivity index (χ2n) is 4.65. The van der Waals surface area contributed by atoms with Crippen LogP contribution < -0.4 is 10.2 Å². The summed E-state index contributed by atoms with van der Waals surface area (Å²) in [5, 5.41) is 0. The molecule has 2 N–H and O–H groups in total. The van der Waals surface area contributed by atoms with Crippen LogP contribution in [0.15, 0.2) is 12.1 Å². The lowest BCUT2D eigenvalue weighted by atomic mass is 10.1. The van der Waals surface area contributed by atoms with Gasteiger partial charge in [-0.05, 0) is 38.7 Å². The first kappa shape index (κ1) is 12.7. The fourth-order valence-corrected chi connectivity index (χ4v) is 2.06. The van der Waals surface area contributed by atoms with Crippen molar-refractivity contribution in [2.45, 2.75) is 26.6 Å². The topological polar surface area (TPSA) is 52.3 Å². The van der Waals surface area contributed by atoms with Crippen LogP contribution in [0.3, 0.4) is 0 Å². The van der Waals surface area contributed by atoms with E-state index in [9.17, 15) is 9.18 Å². The molecule has 0 fully saturated rings. The number of Topliss-reactive ketones (excluding diaryl/α,β-unsaturated/α-hetero) is 1.